The molecule has 0 aromatic heterocycles. The van der Waals surface area contributed by atoms with E-state index in [0.717, 1.165) is 31.4 Å². The third-order valence-corrected chi connectivity index (χ3v) is 6.12. The fourth-order valence-corrected chi connectivity index (χ4v) is 3.87. The standard InChI is InChI=1S/C14H21ClN2O2S/c1-3-16-10-11-9-13(7-8-14(11)15)20(18,19)17(2)12-5-4-6-12/h7-9,12,16H,3-6,10H2,1-2H3. The first-order valence-electron chi connectivity index (χ1n) is 6.94. The van der Waals surface area contributed by atoms with Crippen molar-refractivity contribution >= 4 is 21.6 Å². The molecule has 112 valence electrons. The Bertz CT molecular complexity index is 571. The Morgan fingerprint density at radius 2 is 2.10 bits per heavy atom. The van der Waals surface area contributed by atoms with Crippen molar-refractivity contribution < 1.29 is 8.42 Å². The van der Waals surface area contributed by atoms with E-state index in [1.54, 1.807) is 25.2 Å². The second kappa shape index (κ2) is 6.43. The molecule has 1 aromatic rings. The maximum absolute atomic E-state index is 12.6. The molecule has 1 N–H and O–H groups in total. The van der Waals surface area contributed by atoms with Gasteiger partial charge in [-0.05, 0) is 43.1 Å². The molecule has 1 fully saturated rings. The van der Waals surface area contributed by atoms with E-state index >= 15 is 0 Å². The van der Waals surface area contributed by atoms with Crippen molar-refractivity contribution in [1.82, 2.24) is 9.62 Å². The maximum atomic E-state index is 12.6. The molecule has 20 heavy (non-hydrogen) atoms. The van der Waals surface area contributed by atoms with Crippen LogP contribution in [0, 0.1) is 0 Å². The number of halogens is 1. The van der Waals surface area contributed by atoms with E-state index in [-0.39, 0.29) is 6.04 Å². The van der Waals surface area contributed by atoms with Gasteiger partial charge in [0.25, 0.3) is 0 Å². The SMILES string of the molecule is CCNCc1cc(S(=O)(=O)N(C)C2CCC2)ccc1Cl. The molecule has 0 aliphatic heterocycles. The van der Waals surface area contributed by atoms with Crippen LogP contribution in [0.25, 0.3) is 0 Å². The lowest BCUT2D eigenvalue weighted by atomic mass is 9.94. The summed E-state index contributed by atoms with van der Waals surface area (Å²) in [5.74, 6) is 0. The van der Waals surface area contributed by atoms with Crippen LogP contribution in [-0.2, 0) is 16.6 Å². The molecule has 0 heterocycles. The van der Waals surface area contributed by atoms with Crippen LogP contribution in [0.15, 0.2) is 23.1 Å². The number of nitrogens with one attached hydrogen (secondary N) is 1. The quantitative estimate of drug-likeness (QED) is 0.877. The average Bonchev–Trinajstić information content (AvgIpc) is 2.35. The van der Waals surface area contributed by atoms with Crippen molar-refractivity contribution in [2.45, 2.75) is 43.7 Å². The zero-order valence-electron chi connectivity index (χ0n) is 11.9. The topological polar surface area (TPSA) is 49.4 Å². The zero-order chi connectivity index (χ0) is 14.8. The Kier molecular flexibility index (Phi) is 5.07. The van der Waals surface area contributed by atoms with Crippen molar-refractivity contribution in [3.05, 3.63) is 28.8 Å². The molecule has 0 amide bonds. The van der Waals surface area contributed by atoms with Gasteiger partial charge in [0.1, 0.15) is 0 Å². The summed E-state index contributed by atoms with van der Waals surface area (Å²) in [5.41, 5.74) is 0.816. The monoisotopic (exact) mass is 316 g/mol. The van der Waals surface area contributed by atoms with Gasteiger partial charge in [-0.3, -0.25) is 0 Å². The van der Waals surface area contributed by atoms with Crippen LogP contribution >= 0.6 is 11.6 Å². The van der Waals surface area contributed by atoms with Crippen molar-refractivity contribution in [1.29, 1.82) is 0 Å². The zero-order valence-corrected chi connectivity index (χ0v) is 13.5. The van der Waals surface area contributed by atoms with Crippen LogP contribution in [0.4, 0.5) is 0 Å². The van der Waals surface area contributed by atoms with Gasteiger partial charge >= 0.3 is 0 Å². The van der Waals surface area contributed by atoms with E-state index in [4.69, 9.17) is 11.6 Å². The maximum Gasteiger partial charge on any atom is 0.243 e. The highest BCUT2D eigenvalue weighted by atomic mass is 35.5. The molecule has 1 aliphatic rings. The molecule has 0 atom stereocenters. The molecule has 0 radical (unpaired) electrons. The van der Waals surface area contributed by atoms with Gasteiger partial charge in [-0.2, -0.15) is 4.31 Å². The fourth-order valence-electron chi connectivity index (χ4n) is 2.22. The third-order valence-electron chi connectivity index (χ3n) is 3.85. The molecule has 2 rings (SSSR count). The van der Waals surface area contributed by atoms with Crippen molar-refractivity contribution in [2.75, 3.05) is 13.6 Å². The highest BCUT2D eigenvalue weighted by Crippen LogP contribution is 2.29. The highest BCUT2D eigenvalue weighted by Gasteiger charge is 2.31. The number of hydrogen-bond acceptors (Lipinski definition) is 3. The van der Waals surface area contributed by atoms with Crippen LogP contribution < -0.4 is 5.32 Å². The highest BCUT2D eigenvalue weighted by molar-refractivity contribution is 7.89. The summed E-state index contributed by atoms with van der Waals surface area (Å²) in [6.07, 6.45) is 3.01. The van der Waals surface area contributed by atoms with Gasteiger partial charge in [0, 0.05) is 24.7 Å². The van der Waals surface area contributed by atoms with E-state index in [0.29, 0.717) is 16.5 Å². The first-order valence-corrected chi connectivity index (χ1v) is 8.75. The van der Waals surface area contributed by atoms with Crippen LogP contribution in [0.3, 0.4) is 0 Å². The lowest BCUT2D eigenvalue weighted by Crippen LogP contribution is -2.41. The lowest BCUT2D eigenvalue weighted by Gasteiger charge is -2.33. The number of sulfonamides is 1. The Morgan fingerprint density at radius 3 is 2.65 bits per heavy atom. The summed E-state index contributed by atoms with van der Waals surface area (Å²) in [5, 5.41) is 3.76. The third kappa shape index (κ3) is 3.17. The molecule has 0 unspecified atom stereocenters. The van der Waals surface area contributed by atoms with E-state index < -0.39 is 10.0 Å². The molecule has 6 heteroatoms. The smallest absolute Gasteiger partial charge is 0.243 e. The number of benzene rings is 1. The molecule has 4 nitrogen and oxygen atoms in total. The molecular formula is C14H21ClN2O2S. The summed E-state index contributed by atoms with van der Waals surface area (Å²) in [6, 6.07) is 5.07. The van der Waals surface area contributed by atoms with E-state index in [1.165, 1.54) is 4.31 Å². The Labute approximate surface area is 126 Å². The minimum absolute atomic E-state index is 0.146. The minimum Gasteiger partial charge on any atom is -0.313 e. The molecule has 0 spiro atoms. The van der Waals surface area contributed by atoms with Crippen molar-refractivity contribution in [3.63, 3.8) is 0 Å². The Balaban J connectivity index is 2.26. The molecular weight excluding hydrogens is 296 g/mol. The number of hydrogen-bond donors (Lipinski definition) is 1. The summed E-state index contributed by atoms with van der Waals surface area (Å²) < 4.78 is 26.6. The molecule has 1 aliphatic carbocycles. The first-order chi connectivity index (χ1) is 9.46. The Morgan fingerprint density at radius 1 is 1.40 bits per heavy atom. The normalized spacial score (nSPS) is 16.4. The summed E-state index contributed by atoms with van der Waals surface area (Å²) in [4.78, 5) is 0.323. The van der Waals surface area contributed by atoms with Gasteiger partial charge in [-0.25, -0.2) is 8.42 Å². The van der Waals surface area contributed by atoms with Crippen molar-refractivity contribution in [3.8, 4) is 0 Å². The van der Waals surface area contributed by atoms with Gasteiger partial charge < -0.3 is 5.32 Å². The fraction of sp³-hybridized carbons (Fsp3) is 0.571. The van der Waals surface area contributed by atoms with Gasteiger partial charge in [0.05, 0.1) is 4.90 Å². The lowest BCUT2D eigenvalue weighted by molar-refractivity contribution is 0.249. The molecule has 0 saturated heterocycles. The van der Waals surface area contributed by atoms with E-state index in [1.807, 2.05) is 6.92 Å². The second-order valence-electron chi connectivity index (χ2n) is 5.14. The van der Waals surface area contributed by atoms with Crippen molar-refractivity contribution in [2.24, 2.45) is 0 Å². The predicted molar refractivity (Wildman–Crippen MR) is 81.4 cm³/mol. The van der Waals surface area contributed by atoms with E-state index in [2.05, 4.69) is 5.32 Å². The van der Waals surface area contributed by atoms with Gasteiger partial charge in [-0.1, -0.05) is 24.9 Å². The van der Waals surface area contributed by atoms with E-state index in [9.17, 15) is 8.42 Å². The van der Waals surface area contributed by atoms with Gasteiger partial charge in [0.2, 0.25) is 10.0 Å². The number of rotatable bonds is 6. The van der Waals surface area contributed by atoms with Gasteiger partial charge in [0.15, 0.2) is 0 Å². The van der Waals surface area contributed by atoms with Crippen LogP contribution in [0.5, 0.6) is 0 Å². The number of nitrogens with zero attached hydrogens (tertiary/aromatic N) is 1. The van der Waals surface area contributed by atoms with Crippen LogP contribution in [0.2, 0.25) is 5.02 Å². The minimum atomic E-state index is -3.42. The van der Waals surface area contributed by atoms with Crippen LogP contribution in [-0.4, -0.2) is 32.4 Å². The average molecular weight is 317 g/mol. The van der Waals surface area contributed by atoms with Gasteiger partial charge in [-0.15, -0.1) is 0 Å². The summed E-state index contributed by atoms with van der Waals surface area (Å²) in [6.45, 7) is 3.39. The molecule has 0 bridgehead atoms. The summed E-state index contributed by atoms with van der Waals surface area (Å²) in [7, 11) is -1.75. The molecule has 1 aromatic carbocycles. The molecule has 1 saturated carbocycles. The first kappa shape index (κ1) is 15.8. The summed E-state index contributed by atoms with van der Waals surface area (Å²) >= 11 is 6.11. The second-order valence-corrected chi connectivity index (χ2v) is 7.54. The predicted octanol–water partition coefficient (Wildman–Crippen LogP) is 2.62. The Hall–Kier alpha value is -0.620. The largest absolute Gasteiger partial charge is 0.313 e. The van der Waals surface area contributed by atoms with Crippen LogP contribution in [0.1, 0.15) is 31.7 Å².